The number of nitrogens with one attached hydrogen (secondary N) is 2. The quantitative estimate of drug-likeness (QED) is 0.618. The fraction of sp³-hybridized carbons (Fsp3) is 0.292. The van der Waals surface area contributed by atoms with E-state index in [1.165, 1.54) is 4.68 Å². The number of benzene rings is 2. The van der Waals surface area contributed by atoms with Gasteiger partial charge in [-0.15, -0.1) is 0 Å². The molecule has 2 heterocycles. The van der Waals surface area contributed by atoms with Crippen molar-refractivity contribution >= 4 is 22.4 Å². The maximum absolute atomic E-state index is 13.5. The Kier molecular flexibility index (Phi) is 5.85. The number of fused-ring (bicyclic) bond motifs is 1. The van der Waals surface area contributed by atoms with Crippen molar-refractivity contribution in [2.75, 3.05) is 19.5 Å². The number of anilines is 1. The van der Waals surface area contributed by atoms with E-state index in [1.54, 1.807) is 14.2 Å². The van der Waals surface area contributed by atoms with E-state index in [2.05, 4.69) is 22.3 Å². The van der Waals surface area contributed by atoms with Gasteiger partial charge in [-0.3, -0.25) is 9.59 Å². The van der Waals surface area contributed by atoms with Crippen LogP contribution in [0.15, 0.2) is 53.5 Å². The predicted octanol–water partition coefficient (Wildman–Crippen LogP) is 3.30. The second-order valence-electron chi connectivity index (χ2n) is 7.74. The van der Waals surface area contributed by atoms with Gasteiger partial charge in [0.1, 0.15) is 17.5 Å². The van der Waals surface area contributed by atoms with Crippen molar-refractivity contribution in [2.45, 2.75) is 32.4 Å². The van der Waals surface area contributed by atoms with Gasteiger partial charge in [-0.1, -0.05) is 18.7 Å². The third kappa shape index (κ3) is 3.91. The van der Waals surface area contributed by atoms with Gasteiger partial charge in [0, 0.05) is 34.9 Å². The lowest BCUT2D eigenvalue weighted by molar-refractivity contribution is -0.125. The Bertz CT molecular complexity index is 1260. The van der Waals surface area contributed by atoms with E-state index in [4.69, 9.17) is 9.47 Å². The number of hydrogen-bond donors (Lipinski definition) is 2. The van der Waals surface area contributed by atoms with Gasteiger partial charge in [0.25, 0.3) is 5.56 Å². The number of aryl methyl sites for hydroxylation is 1. The Hall–Kier alpha value is -3.81. The van der Waals surface area contributed by atoms with Crippen molar-refractivity contribution in [3.8, 4) is 11.5 Å². The molecule has 0 saturated carbocycles. The van der Waals surface area contributed by atoms with Crippen LogP contribution in [0.25, 0.3) is 10.8 Å². The van der Waals surface area contributed by atoms with E-state index in [1.807, 2.05) is 43.3 Å². The molecule has 2 aromatic carbocycles. The number of aromatic nitrogens is 2. The van der Waals surface area contributed by atoms with Gasteiger partial charge in [0.15, 0.2) is 0 Å². The molecule has 1 aliphatic rings. The standard InChI is InChI=1S/C24H26N4O4/c1-14-8-11-20(23(29)26-14)28-24(30)22-18(15(2)27-28)6-5-7-19(22)25-13-16-9-10-17(31-3)12-21(16)32-4/h5-7,9-10,12,20,25H,1,8,11,13H2,2-4H3,(H,26,29). The summed E-state index contributed by atoms with van der Waals surface area (Å²) in [4.78, 5) is 26.0. The first-order chi connectivity index (χ1) is 15.4. The average Bonchev–Trinajstić information content (AvgIpc) is 2.80. The number of carbonyl (C=O) groups is 1. The van der Waals surface area contributed by atoms with Crippen molar-refractivity contribution in [1.82, 2.24) is 15.1 Å². The van der Waals surface area contributed by atoms with Crippen molar-refractivity contribution in [2.24, 2.45) is 0 Å². The van der Waals surface area contributed by atoms with Crippen LogP contribution >= 0.6 is 0 Å². The molecule has 32 heavy (non-hydrogen) atoms. The molecule has 1 unspecified atom stereocenters. The van der Waals surface area contributed by atoms with Crippen LogP contribution in [0.5, 0.6) is 11.5 Å². The van der Waals surface area contributed by atoms with Gasteiger partial charge in [0.2, 0.25) is 5.91 Å². The summed E-state index contributed by atoms with van der Waals surface area (Å²) in [5.41, 5.74) is 2.63. The minimum Gasteiger partial charge on any atom is -0.497 e. The second-order valence-corrected chi connectivity index (χ2v) is 7.74. The van der Waals surface area contributed by atoms with E-state index in [9.17, 15) is 9.59 Å². The monoisotopic (exact) mass is 434 g/mol. The summed E-state index contributed by atoms with van der Waals surface area (Å²) in [5, 5.41) is 11.8. The number of carbonyl (C=O) groups excluding carboxylic acids is 1. The highest BCUT2D eigenvalue weighted by Gasteiger charge is 2.28. The molecule has 1 atom stereocenters. The molecule has 166 valence electrons. The fourth-order valence-corrected chi connectivity index (χ4v) is 4.00. The number of nitrogens with zero attached hydrogens (tertiary/aromatic N) is 2. The molecule has 4 rings (SSSR count). The third-order valence-electron chi connectivity index (χ3n) is 5.71. The Morgan fingerprint density at radius 2 is 2.03 bits per heavy atom. The predicted molar refractivity (Wildman–Crippen MR) is 123 cm³/mol. The number of amides is 1. The van der Waals surface area contributed by atoms with Gasteiger partial charge in [-0.25, -0.2) is 4.68 Å². The van der Waals surface area contributed by atoms with Crippen LogP contribution in [0.4, 0.5) is 5.69 Å². The van der Waals surface area contributed by atoms with Gasteiger partial charge in [-0.05, 0) is 38.0 Å². The van der Waals surface area contributed by atoms with E-state index in [0.29, 0.717) is 53.4 Å². The first-order valence-corrected chi connectivity index (χ1v) is 10.4. The zero-order chi connectivity index (χ0) is 22.8. The van der Waals surface area contributed by atoms with E-state index >= 15 is 0 Å². The topological polar surface area (TPSA) is 94.5 Å². The normalized spacial score (nSPS) is 16.0. The minimum absolute atomic E-state index is 0.261. The number of hydrogen-bond acceptors (Lipinski definition) is 6. The summed E-state index contributed by atoms with van der Waals surface area (Å²) in [6.45, 7) is 6.09. The van der Waals surface area contributed by atoms with Crippen LogP contribution in [-0.4, -0.2) is 29.9 Å². The molecule has 0 bridgehead atoms. The second kappa shape index (κ2) is 8.74. The first-order valence-electron chi connectivity index (χ1n) is 10.4. The van der Waals surface area contributed by atoms with Crippen LogP contribution in [0.2, 0.25) is 0 Å². The van der Waals surface area contributed by atoms with Gasteiger partial charge < -0.3 is 20.1 Å². The summed E-state index contributed by atoms with van der Waals surface area (Å²) in [6, 6.07) is 10.5. The lowest BCUT2D eigenvalue weighted by Gasteiger charge is -2.25. The number of piperidine rings is 1. The lowest BCUT2D eigenvalue weighted by Crippen LogP contribution is -2.41. The molecule has 2 N–H and O–H groups in total. The van der Waals surface area contributed by atoms with Crippen molar-refractivity contribution < 1.29 is 14.3 Å². The molecule has 1 aliphatic heterocycles. The van der Waals surface area contributed by atoms with E-state index in [-0.39, 0.29) is 11.5 Å². The fourth-order valence-electron chi connectivity index (χ4n) is 4.00. The zero-order valence-corrected chi connectivity index (χ0v) is 18.4. The molecule has 8 heteroatoms. The van der Waals surface area contributed by atoms with Crippen molar-refractivity contribution in [3.63, 3.8) is 0 Å². The Balaban J connectivity index is 1.73. The van der Waals surface area contributed by atoms with Crippen LogP contribution in [-0.2, 0) is 11.3 Å². The summed E-state index contributed by atoms with van der Waals surface area (Å²) in [6.07, 6.45) is 1.10. The SMILES string of the molecule is C=C1CCC(n2nc(C)c3cccc(NCc4ccc(OC)cc4OC)c3c2=O)C(=O)N1. The number of allylic oxidation sites excluding steroid dienone is 1. The molecular weight excluding hydrogens is 408 g/mol. The van der Waals surface area contributed by atoms with Crippen molar-refractivity contribution in [1.29, 1.82) is 0 Å². The van der Waals surface area contributed by atoms with E-state index < -0.39 is 6.04 Å². The molecule has 0 aliphatic carbocycles. The van der Waals surface area contributed by atoms with Crippen LogP contribution in [0, 0.1) is 6.92 Å². The molecule has 0 spiro atoms. The summed E-state index contributed by atoms with van der Waals surface area (Å²) in [5.74, 6) is 1.13. The highest BCUT2D eigenvalue weighted by molar-refractivity contribution is 5.94. The minimum atomic E-state index is -0.661. The Morgan fingerprint density at radius 3 is 2.75 bits per heavy atom. The van der Waals surface area contributed by atoms with E-state index in [0.717, 1.165) is 10.9 Å². The smallest absolute Gasteiger partial charge is 0.277 e. The van der Waals surface area contributed by atoms with Crippen LogP contribution in [0.3, 0.4) is 0 Å². The first kappa shape index (κ1) is 21.4. The molecule has 3 aromatic rings. The molecule has 0 radical (unpaired) electrons. The molecular formula is C24H26N4O4. The number of methoxy groups -OCH3 is 2. The van der Waals surface area contributed by atoms with Gasteiger partial charge in [0.05, 0.1) is 25.3 Å². The van der Waals surface area contributed by atoms with Crippen LogP contribution < -0.4 is 25.7 Å². The van der Waals surface area contributed by atoms with Gasteiger partial charge >= 0.3 is 0 Å². The maximum atomic E-state index is 13.5. The zero-order valence-electron chi connectivity index (χ0n) is 18.4. The average molecular weight is 434 g/mol. The number of rotatable bonds is 6. The molecule has 8 nitrogen and oxygen atoms in total. The molecule has 1 saturated heterocycles. The van der Waals surface area contributed by atoms with Crippen LogP contribution in [0.1, 0.15) is 30.1 Å². The number of ether oxygens (including phenoxy) is 2. The Labute approximate surface area is 185 Å². The lowest BCUT2D eigenvalue weighted by atomic mass is 10.0. The largest absolute Gasteiger partial charge is 0.497 e. The third-order valence-corrected chi connectivity index (χ3v) is 5.71. The highest BCUT2D eigenvalue weighted by atomic mass is 16.5. The highest BCUT2D eigenvalue weighted by Crippen LogP contribution is 2.28. The summed E-state index contributed by atoms with van der Waals surface area (Å²) < 4.78 is 12.0. The summed E-state index contributed by atoms with van der Waals surface area (Å²) in [7, 11) is 3.21. The molecule has 1 amide bonds. The molecule has 1 fully saturated rings. The van der Waals surface area contributed by atoms with Gasteiger partial charge in [-0.2, -0.15) is 5.10 Å². The van der Waals surface area contributed by atoms with Crippen molar-refractivity contribution in [3.05, 3.63) is 70.3 Å². The Morgan fingerprint density at radius 1 is 1.22 bits per heavy atom. The summed E-state index contributed by atoms with van der Waals surface area (Å²) >= 11 is 0. The maximum Gasteiger partial charge on any atom is 0.277 e. The molecule has 1 aromatic heterocycles.